The maximum atomic E-state index is 11.7. The summed E-state index contributed by atoms with van der Waals surface area (Å²) >= 11 is 6.30. The lowest BCUT2D eigenvalue weighted by molar-refractivity contribution is -0.135. The number of hydrogen-bond acceptors (Lipinski definition) is 5. The summed E-state index contributed by atoms with van der Waals surface area (Å²) in [6.07, 6.45) is 6.95. The molecule has 3 heterocycles. The number of aliphatic carboxylic acids is 1. The average molecular weight is 443 g/mol. The Morgan fingerprint density at radius 1 is 1.19 bits per heavy atom. The molecule has 4 rings (SSSR count). The zero-order valence-corrected chi connectivity index (χ0v) is 17.4. The predicted octanol–water partition coefficient (Wildman–Crippen LogP) is 3.39. The lowest BCUT2D eigenvalue weighted by Crippen LogP contribution is -2.46. The number of aromatic amines is 1. The standard InChI is InChI=1S/C21H23ClN6O3/c22-17-8-12(16-10-24-20-15(16)2-1-7-23-20)9-18(28-17)26-13-3-5-14(6-4-13)27-21(31)25-11-19(29)30/h1-2,7-10,13-14H,3-6,11H2,(H,23,24)(H,26,28)(H,29,30)(H2,25,27,31). The van der Waals surface area contributed by atoms with Crippen LogP contribution in [-0.2, 0) is 4.79 Å². The van der Waals surface area contributed by atoms with Crippen LogP contribution in [0, 0.1) is 0 Å². The van der Waals surface area contributed by atoms with E-state index in [2.05, 4.69) is 30.9 Å². The third-order valence-electron chi connectivity index (χ3n) is 5.37. The van der Waals surface area contributed by atoms with E-state index < -0.39 is 18.5 Å². The molecule has 9 nitrogen and oxygen atoms in total. The van der Waals surface area contributed by atoms with Crippen LogP contribution in [0.4, 0.5) is 10.6 Å². The summed E-state index contributed by atoms with van der Waals surface area (Å²) in [6.45, 7) is -0.391. The molecule has 162 valence electrons. The Balaban J connectivity index is 1.37. The molecule has 1 aliphatic carbocycles. The summed E-state index contributed by atoms with van der Waals surface area (Å²) in [5.74, 6) is -0.364. The number of nitrogens with one attached hydrogen (secondary N) is 4. The van der Waals surface area contributed by atoms with Crippen LogP contribution in [0.25, 0.3) is 22.2 Å². The highest BCUT2D eigenvalue weighted by Crippen LogP contribution is 2.31. The summed E-state index contributed by atoms with van der Waals surface area (Å²) in [7, 11) is 0. The maximum absolute atomic E-state index is 11.7. The van der Waals surface area contributed by atoms with Crippen LogP contribution >= 0.6 is 11.6 Å². The molecule has 0 atom stereocenters. The van der Waals surface area contributed by atoms with Gasteiger partial charge in [0.2, 0.25) is 0 Å². The Hall–Kier alpha value is -3.33. The normalized spacial score (nSPS) is 18.5. The maximum Gasteiger partial charge on any atom is 0.323 e. The van der Waals surface area contributed by atoms with Crippen molar-refractivity contribution in [3.8, 4) is 11.1 Å². The van der Waals surface area contributed by atoms with Crippen molar-refractivity contribution in [1.29, 1.82) is 0 Å². The lowest BCUT2D eigenvalue weighted by atomic mass is 9.91. The van der Waals surface area contributed by atoms with Gasteiger partial charge in [0.15, 0.2) is 0 Å². The zero-order chi connectivity index (χ0) is 21.8. The molecule has 0 saturated heterocycles. The summed E-state index contributed by atoms with van der Waals surface area (Å²) in [4.78, 5) is 34.2. The Bertz CT molecular complexity index is 1090. The summed E-state index contributed by atoms with van der Waals surface area (Å²) < 4.78 is 0. The Kier molecular flexibility index (Phi) is 6.22. The van der Waals surface area contributed by atoms with E-state index in [1.54, 1.807) is 6.20 Å². The van der Waals surface area contributed by atoms with E-state index >= 15 is 0 Å². The number of fused-ring (bicyclic) bond motifs is 1. The summed E-state index contributed by atoms with van der Waals surface area (Å²) in [5, 5.41) is 18.7. The molecular formula is C21H23ClN6O3. The summed E-state index contributed by atoms with van der Waals surface area (Å²) in [6, 6.07) is 7.50. The highest BCUT2D eigenvalue weighted by Gasteiger charge is 2.23. The van der Waals surface area contributed by atoms with Crippen molar-refractivity contribution in [3.63, 3.8) is 0 Å². The first-order valence-corrected chi connectivity index (χ1v) is 10.5. The minimum Gasteiger partial charge on any atom is -0.480 e. The first-order chi connectivity index (χ1) is 15.0. The van der Waals surface area contributed by atoms with Gasteiger partial charge in [0.05, 0.1) is 0 Å². The van der Waals surface area contributed by atoms with Gasteiger partial charge in [0, 0.05) is 35.4 Å². The van der Waals surface area contributed by atoms with Crippen molar-refractivity contribution in [2.75, 3.05) is 11.9 Å². The fourth-order valence-corrected chi connectivity index (χ4v) is 4.11. The molecule has 31 heavy (non-hydrogen) atoms. The smallest absolute Gasteiger partial charge is 0.323 e. The van der Waals surface area contributed by atoms with Crippen molar-refractivity contribution in [3.05, 3.63) is 41.8 Å². The van der Waals surface area contributed by atoms with E-state index in [1.807, 2.05) is 30.5 Å². The molecule has 0 spiro atoms. The third-order valence-corrected chi connectivity index (χ3v) is 5.56. The molecule has 1 fully saturated rings. The molecule has 0 unspecified atom stereocenters. The number of anilines is 1. The van der Waals surface area contributed by atoms with Crippen molar-refractivity contribution < 1.29 is 14.7 Å². The van der Waals surface area contributed by atoms with E-state index in [1.165, 1.54) is 0 Å². The SMILES string of the molecule is O=C(O)CNC(=O)NC1CCC(Nc2cc(-c3c[nH]c4ncccc34)cc(Cl)n2)CC1. The molecule has 10 heteroatoms. The molecular weight excluding hydrogens is 420 g/mol. The van der Waals surface area contributed by atoms with Crippen LogP contribution in [0.5, 0.6) is 0 Å². The van der Waals surface area contributed by atoms with Gasteiger partial charge < -0.3 is 26.0 Å². The minimum atomic E-state index is -1.07. The highest BCUT2D eigenvalue weighted by molar-refractivity contribution is 6.29. The first-order valence-electron chi connectivity index (χ1n) is 10.1. The second-order valence-corrected chi connectivity index (χ2v) is 7.97. The minimum absolute atomic E-state index is 0.0217. The van der Waals surface area contributed by atoms with E-state index in [-0.39, 0.29) is 12.1 Å². The number of urea groups is 1. The fourth-order valence-electron chi connectivity index (χ4n) is 3.90. The van der Waals surface area contributed by atoms with Crippen LogP contribution in [0.2, 0.25) is 5.15 Å². The number of carboxylic acids is 1. The van der Waals surface area contributed by atoms with Gasteiger partial charge in [-0.15, -0.1) is 0 Å². The highest BCUT2D eigenvalue weighted by atomic mass is 35.5. The second kappa shape index (κ2) is 9.22. The molecule has 3 aromatic rings. The van der Waals surface area contributed by atoms with Gasteiger partial charge in [-0.05, 0) is 55.5 Å². The number of nitrogens with zero attached hydrogens (tertiary/aromatic N) is 2. The van der Waals surface area contributed by atoms with Crippen LogP contribution in [0.3, 0.4) is 0 Å². The van der Waals surface area contributed by atoms with Gasteiger partial charge in [-0.2, -0.15) is 0 Å². The van der Waals surface area contributed by atoms with Crippen LogP contribution < -0.4 is 16.0 Å². The molecule has 5 N–H and O–H groups in total. The molecule has 0 radical (unpaired) electrons. The Morgan fingerprint density at radius 2 is 1.97 bits per heavy atom. The van der Waals surface area contributed by atoms with Crippen LogP contribution in [0.15, 0.2) is 36.7 Å². The predicted molar refractivity (Wildman–Crippen MR) is 118 cm³/mol. The lowest BCUT2D eigenvalue weighted by Gasteiger charge is -2.30. The summed E-state index contributed by atoms with van der Waals surface area (Å²) in [5.41, 5.74) is 2.78. The molecule has 0 aliphatic heterocycles. The van der Waals surface area contributed by atoms with Crippen molar-refractivity contribution >= 4 is 40.5 Å². The molecule has 0 bridgehead atoms. The van der Waals surface area contributed by atoms with Crippen molar-refractivity contribution in [2.45, 2.75) is 37.8 Å². The van der Waals surface area contributed by atoms with Gasteiger partial charge in [0.1, 0.15) is 23.2 Å². The Labute approximate surface area is 183 Å². The Morgan fingerprint density at radius 3 is 2.74 bits per heavy atom. The van der Waals surface area contributed by atoms with Gasteiger partial charge in [-0.25, -0.2) is 14.8 Å². The van der Waals surface area contributed by atoms with Crippen LogP contribution in [0.1, 0.15) is 25.7 Å². The number of halogens is 1. The van der Waals surface area contributed by atoms with Gasteiger partial charge in [0.25, 0.3) is 0 Å². The number of carboxylic acid groups (broad SMARTS) is 1. The number of carbonyl (C=O) groups excluding carboxylic acids is 1. The molecule has 0 aromatic carbocycles. The average Bonchev–Trinajstić information content (AvgIpc) is 3.17. The van der Waals surface area contributed by atoms with Crippen molar-refractivity contribution in [1.82, 2.24) is 25.6 Å². The molecule has 2 amide bonds. The van der Waals surface area contributed by atoms with E-state index in [4.69, 9.17) is 16.7 Å². The van der Waals surface area contributed by atoms with E-state index in [0.29, 0.717) is 11.0 Å². The molecule has 1 saturated carbocycles. The number of H-pyrrole nitrogens is 1. The number of rotatable bonds is 6. The number of hydrogen-bond donors (Lipinski definition) is 5. The van der Waals surface area contributed by atoms with Crippen molar-refractivity contribution in [2.24, 2.45) is 0 Å². The van der Waals surface area contributed by atoms with Gasteiger partial charge >= 0.3 is 12.0 Å². The third kappa shape index (κ3) is 5.24. The monoisotopic (exact) mass is 442 g/mol. The van der Waals surface area contributed by atoms with Crippen LogP contribution in [-0.4, -0.2) is 50.7 Å². The number of aromatic nitrogens is 3. The van der Waals surface area contributed by atoms with Gasteiger partial charge in [-0.3, -0.25) is 4.79 Å². The second-order valence-electron chi connectivity index (χ2n) is 7.58. The topological polar surface area (TPSA) is 132 Å². The largest absolute Gasteiger partial charge is 0.480 e. The molecule has 1 aliphatic rings. The van der Waals surface area contributed by atoms with Gasteiger partial charge in [-0.1, -0.05) is 11.6 Å². The quantitative estimate of drug-likeness (QED) is 0.372. The first kappa shape index (κ1) is 20.9. The van der Waals surface area contributed by atoms with E-state index in [9.17, 15) is 9.59 Å². The number of amides is 2. The number of pyridine rings is 2. The van der Waals surface area contributed by atoms with E-state index in [0.717, 1.165) is 47.8 Å². The molecule has 3 aromatic heterocycles. The zero-order valence-electron chi connectivity index (χ0n) is 16.7. The fraction of sp³-hybridized carbons (Fsp3) is 0.333. The number of carbonyl (C=O) groups is 2.